The van der Waals surface area contributed by atoms with Gasteiger partial charge in [-0.2, -0.15) is 17.6 Å². The van der Waals surface area contributed by atoms with E-state index in [-0.39, 0.29) is 47.7 Å². The molecule has 158 valence electrons. The van der Waals surface area contributed by atoms with Gasteiger partial charge in [-0.1, -0.05) is 11.8 Å². The van der Waals surface area contributed by atoms with Gasteiger partial charge in [-0.05, 0) is 31.9 Å². The van der Waals surface area contributed by atoms with Gasteiger partial charge in [0.25, 0.3) is 23.0 Å². The first-order valence-corrected chi connectivity index (χ1v) is 10.1. The highest BCUT2D eigenvalue weighted by atomic mass is 32.2. The van der Waals surface area contributed by atoms with E-state index in [1.54, 1.807) is 6.26 Å². The predicted molar refractivity (Wildman–Crippen MR) is 98.0 cm³/mol. The fourth-order valence-electron chi connectivity index (χ4n) is 3.39. The summed E-state index contributed by atoms with van der Waals surface area (Å²) in [6.45, 7) is 0. The molecule has 0 unspecified atom stereocenters. The lowest BCUT2D eigenvalue weighted by Crippen LogP contribution is -2.35. The van der Waals surface area contributed by atoms with Gasteiger partial charge < -0.3 is 9.97 Å². The van der Waals surface area contributed by atoms with Gasteiger partial charge in [0.05, 0.1) is 5.69 Å². The summed E-state index contributed by atoms with van der Waals surface area (Å²) in [4.78, 5) is 43.7. The Labute approximate surface area is 165 Å². The molecule has 0 saturated carbocycles. The molecule has 0 aromatic carbocycles. The van der Waals surface area contributed by atoms with E-state index >= 15 is 0 Å². The van der Waals surface area contributed by atoms with E-state index in [4.69, 9.17) is 0 Å². The van der Waals surface area contributed by atoms with E-state index in [1.807, 2.05) is 9.97 Å². The summed E-state index contributed by atoms with van der Waals surface area (Å²) in [6.07, 6.45) is 2.42. The van der Waals surface area contributed by atoms with E-state index in [0.29, 0.717) is 12.8 Å². The molecule has 3 N–H and O–H groups in total. The summed E-state index contributed by atoms with van der Waals surface area (Å²) in [7, 11) is 0. The predicted octanol–water partition coefficient (Wildman–Crippen LogP) is 2.41. The average Bonchev–Trinajstić information content (AvgIpc) is 2.63. The van der Waals surface area contributed by atoms with Gasteiger partial charge in [0.15, 0.2) is 5.16 Å². The SMILES string of the molecule is CSc1nc2c(c(=O)[nH]1)CCCC2(F)F.O=c1[nH]c2c(c(=O)[nH]1)CCCC2(F)F. The van der Waals surface area contributed by atoms with E-state index in [2.05, 4.69) is 9.97 Å². The Balaban J connectivity index is 0.000000166. The molecule has 29 heavy (non-hydrogen) atoms. The molecular formula is C17H18F4N4O3S. The Morgan fingerprint density at radius 1 is 0.862 bits per heavy atom. The lowest BCUT2D eigenvalue weighted by atomic mass is 9.94. The Morgan fingerprint density at radius 2 is 1.45 bits per heavy atom. The average molecular weight is 434 g/mol. The van der Waals surface area contributed by atoms with Crippen molar-refractivity contribution in [2.75, 3.05) is 6.26 Å². The largest absolute Gasteiger partial charge is 0.326 e. The second-order valence-corrected chi connectivity index (χ2v) is 7.58. The Morgan fingerprint density at radius 3 is 2.10 bits per heavy atom. The molecule has 0 fully saturated rings. The highest BCUT2D eigenvalue weighted by molar-refractivity contribution is 7.98. The molecule has 0 aliphatic heterocycles. The van der Waals surface area contributed by atoms with Gasteiger partial charge >= 0.3 is 5.69 Å². The second kappa shape index (κ2) is 7.81. The molecule has 2 aromatic heterocycles. The molecule has 7 nitrogen and oxygen atoms in total. The standard InChI is InChI=1S/C9H10F2N2OS.C8H8F2N2O2/c1-15-8-12-6-5(7(14)13-8)3-2-4-9(6,10)11;9-8(10)3-1-2-4-5(8)11-7(14)12-6(4)13/h2-4H2,1H3,(H,12,13,14);1-3H2,(H2,11,12,13,14). The third kappa shape index (κ3) is 4.31. The molecule has 0 spiro atoms. The quantitative estimate of drug-likeness (QED) is 0.363. The number of aromatic amines is 3. The van der Waals surface area contributed by atoms with Gasteiger partial charge in [0, 0.05) is 24.0 Å². The molecule has 0 saturated heterocycles. The lowest BCUT2D eigenvalue weighted by molar-refractivity contribution is -0.0277. The molecule has 2 aromatic rings. The third-order valence-electron chi connectivity index (χ3n) is 4.78. The number of nitrogens with zero attached hydrogens (tertiary/aromatic N) is 1. The van der Waals surface area contributed by atoms with Crippen LogP contribution in [0.25, 0.3) is 0 Å². The summed E-state index contributed by atoms with van der Waals surface area (Å²) in [6, 6.07) is 0. The molecule has 2 aliphatic rings. The van der Waals surface area contributed by atoms with Crippen LogP contribution in [0.4, 0.5) is 17.6 Å². The van der Waals surface area contributed by atoms with Crippen LogP contribution >= 0.6 is 11.8 Å². The molecule has 12 heteroatoms. The van der Waals surface area contributed by atoms with Gasteiger partial charge in [0.2, 0.25) is 0 Å². The summed E-state index contributed by atoms with van der Waals surface area (Å²) in [5.41, 5.74) is -2.72. The van der Waals surface area contributed by atoms with Crippen LogP contribution in [0, 0.1) is 0 Å². The second-order valence-electron chi connectivity index (χ2n) is 6.78. The molecule has 2 heterocycles. The van der Waals surface area contributed by atoms with E-state index in [1.165, 1.54) is 0 Å². The van der Waals surface area contributed by atoms with Gasteiger partial charge in [0.1, 0.15) is 5.69 Å². The van der Waals surface area contributed by atoms with Crippen LogP contribution in [0.2, 0.25) is 0 Å². The number of rotatable bonds is 1. The van der Waals surface area contributed by atoms with Crippen molar-refractivity contribution in [2.45, 2.75) is 55.5 Å². The van der Waals surface area contributed by atoms with E-state index < -0.39 is 34.3 Å². The number of alkyl halides is 4. The van der Waals surface area contributed by atoms with Crippen molar-refractivity contribution in [3.8, 4) is 0 Å². The van der Waals surface area contributed by atoms with Gasteiger partial charge in [-0.3, -0.25) is 14.6 Å². The number of thioether (sulfide) groups is 1. The van der Waals surface area contributed by atoms with Crippen molar-refractivity contribution in [1.29, 1.82) is 0 Å². The molecular weight excluding hydrogens is 416 g/mol. The molecule has 4 rings (SSSR count). The Bertz CT molecular complexity index is 1090. The maximum absolute atomic E-state index is 13.5. The Kier molecular flexibility index (Phi) is 5.74. The van der Waals surface area contributed by atoms with Crippen molar-refractivity contribution in [2.24, 2.45) is 0 Å². The minimum atomic E-state index is -3.08. The highest BCUT2D eigenvalue weighted by Crippen LogP contribution is 2.38. The summed E-state index contributed by atoms with van der Waals surface area (Å²) < 4.78 is 53.4. The first kappa shape index (κ1) is 21.3. The molecule has 0 atom stereocenters. The van der Waals surface area contributed by atoms with Crippen LogP contribution in [-0.2, 0) is 24.7 Å². The van der Waals surface area contributed by atoms with Crippen LogP contribution in [0.1, 0.15) is 48.2 Å². The number of aromatic nitrogens is 4. The minimum Gasteiger partial charge on any atom is -0.305 e. The first-order valence-electron chi connectivity index (χ1n) is 8.84. The highest BCUT2D eigenvalue weighted by Gasteiger charge is 2.40. The van der Waals surface area contributed by atoms with Gasteiger partial charge in [-0.25, -0.2) is 9.78 Å². The van der Waals surface area contributed by atoms with E-state index in [9.17, 15) is 31.9 Å². The topological polar surface area (TPSA) is 111 Å². The third-order valence-corrected chi connectivity index (χ3v) is 5.36. The molecule has 0 bridgehead atoms. The van der Waals surface area contributed by atoms with Crippen LogP contribution in [-0.4, -0.2) is 26.2 Å². The number of H-pyrrole nitrogens is 3. The zero-order chi connectivity index (χ0) is 21.4. The van der Waals surface area contributed by atoms with Crippen molar-refractivity contribution in [3.05, 3.63) is 53.7 Å². The summed E-state index contributed by atoms with van der Waals surface area (Å²) >= 11 is 1.16. The smallest absolute Gasteiger partial charge is 0.305 e. The first-order chi connectivity index (χ1) is 13.5. The van der Waals surface area contributed by atoms with Gasteiger partial charge in [-0.15, -0.1) is 0 Å². The van der Waals surface area contributed by atoms with Crippen LogP contribution in [0.3, 0.4) is 0 Å². The maximum atomic E-state index is 13.5. The fraction of sp³-hybridized carbons (Fsp3) is 0.529. The van der Waals surface area contributed by atoms with E-state index in [0.717, 1.165) is 11.8 Å². The van der Waals surface area contributed by atoms with Crippen LogP contribution in [0.5, 0.6) is 0 Å². The molecule has 0 radical (unpaired) electrons. The fourth-order valence-corrected chi connectivity index (χ4v) is 3.77. The number of halogens is 4. The normalized spacial score (nSPS) is 18.8. The zero-order valence-electron chi connectivity index (χ0n) is 15.3. The summed E-state index contributed by atoms with van der Waals surface area (Å²) in [5, 5.41) is 0.250. The molecule has 2 aliphatic carbocycles. The molecule has 0 amide bonds. The monoisotopic (exact) mass is 434 g/mol. The van der Waals surface area contributed by atoms with Crippen molar-refractivity contribution < 1.29 is 17.6 Å². The number of fused-ring (bicyclic) bond motifs is 2. The van der Waals surface area contributed by atoms with Crippen molar-refractivity contribution in [1.82, 2.24) is 19.9 Å². The van der Waals surface area contributed by atoms with Crippen LogP contribution < -0.4 is 16.8 Å². The van der Waals surface area contributed by atoms with Crippen molar-refractivity contribution in [3.63, 3.8) is 0 Å². The maximum Gasteiger partial charge on any atom is 0.326 e. The lowest BCUT2D eigenvalue weighted by Gasteiger charge is -2.23. The minimum absolute atomic E-state index is 0.000787. The van der Waals surface area contributed by atoms with Crippen LogP contribution in [0.15, 0.2) is 19.5 Å². The number of hydrogen-bond acceptors (Lipinski definition) is 5. The Hall–Kier alpha value is -2.37. The van der Waals surface area contributed by atoms with Crippen molar-refractivity contribution >= 4 is 11.8 Å². The number of hydrogen-bond donors (Lipinski definition) is 3. The summed E-state index contributed by atoms with van der Waals surface area (Å²) in [5.74, 6) is -6.03. The number of nitrogens with one attached hydrogen (secondary N) is 3. The zero-order valence-corrected chi connectivity index (χ0v) is 16.2.